The number of thiophene rings is 1. The van der Waals surface area contributed by atoms with Crippen LogP contribution in [-0.4, -0.2) is 28.7 Å². The third kappa shape index (κ3) is 4.80. The zero-order valence-electron chi connectivity index (χ0n) is 13.7. The Balaban J connectivity index is 1.75. The summed E-state index contributed by atoms with van der Waals surface area (Å²) in [6, 6.07) is 13.3. The molecule has 0 atom stereocenters. The highest BCUT2D eigenvalue weighted by Gasteiger charge is 2.17. The first kappa shape index (κ1) is 17.4. The lowest BCUT2D eigenvalue weighted by molar-refractivity contribution is -0.116. The molecule has 25 heavy (non-hydrogen) atoms. The number of rotatable bonds is 7. The summed E-state index contributed by atoms with van der Waals surface area (Å²) in [5.74, 6) is 1.05. The van der Waals surface area contributed by atoms with Gasteiger partial charge in [0.2, 0.25) is 5.91 Å². The summed E-state index contributed by atoms with van der Waals surface area (Å²) in [5, 5.41) is 2.61. The number of carbonyl (C=O) groups is 1. The van der Waals surface area contributed by atoms with Crippen molar-refractivity contribution in [2.75, 3.05) is 17.8 Å². The van der Waals surface area contributed by atoms with Crippen molar-refractivity contribution in [3.63, 3.8) is 0 Å². The highest BCUT2D eigenvalue weighted by molar-refractivity contribution is 7.99. The molecular weight excluding hydrogens is 354 g/mol. The Hall–Kier alpha value is -2.38. The van der Waals surface area contributed by atoms with E-state index >= 15 is 0 Å². The van der Waals surface area contributed by atoms with E-state index in [0.717, 1.165) is 16.3 Å². The van der Waals surface area contributed by atoms with E-state index in [0.29, 0.717) is 11.7 Å². The zero-order chi connectivity index (χ0) is 17.5. The second-order valence-electron chi connectivity index (χ2n) is 5.08. The lowest BCUT2D eigenvalue weighted by atomic mass is 10.2. The van der Waals surface area contributed by atoms with Crippen LogP contribution >= 0.6 is 23.1 Å². The van der Waals surface area contributed by atoms with E-state index in [1.165, 1.54) is 11.8 Å². The first-order valence-corrected chi connectivity index (χ1v) is 9.49. The summed E-state index contributed by atoms with van der Waals surface area (Å²) >= 11 is 2.97. The average molecular weight is 371 g/mol. The minimum absolute atomic E-state index is 0.0102. The molecule has 0 aliphatic carbocycles. The van der Waals surface area contributed by atoms with Gasteiger partial charge in [-0.2, -0.15) is 0 Å². The van der Waals surface area contributed by atoms with Gasteiger partial charge in [-0.25, -0.2) is 9.97 Å². The van der Waals surface area contributed by atoms with Gasteiger partial charge in [-0.15, -0.1) is 11.3 Å². The Labute approximate surface area is 154 Å². The van der Waals surface area contributed by atoms with Crippen LogP contribution in [0.15, 0.2) is 65.4 Å². The Morgan fingerprint density at radius 1 is 1.16 bits per heavy atom. The van der Waals surface area contributed by atoms with Crippen molar-refractivity contribution in [1.29, 1.82) is 0 Å². The van der Waals surface area contributed by atoms with Crippen LogP contribution in [-0.2, 0) is 11.3 Å². The molecule has 0 unspecified atom stereocenters. The molecular formula is C18H17N3O2S2. The van der Waals surface area contributed by atoms with Gasteiger partial charge in [-0.3, -0.25) is 4.79 Å². The van der Waals surface area contributed by atoms with Gasteiger partial charge in [0.15, 0.2) is 5.16 Å². The Bertz CT molecular complexity index is 793. The molecule has 3 aromatic rings. The smallest absolute Gasteiger partial charge is 0.237 e. The summed E-state index contributed by atoms with van der Waals surface area (Å²) < 4.78 is 5.20. The molecule has 1 aromatic carbocycles. The predicted octanol–water partition coefficient (Wildman–Crippen LogP) is 3.87. The van der Waals surface area contributed by atoms with Crippen molar-refractivity contribution in [1.82, 2.24) is 9.97 Å². The lowest BCUT2D eigenvalue weighted by Crippen LogP contribution is -2.31. The van der Waals surface area contributed by atoms with Gasteiger partial charge in [-0.1, -0.05) is 17.8 Å². The van der Waals surface area contributed by atoms with E-state index in [9.17, 15) is 4.79 Å². The first-order chi connectivity index (χ1) is 12.3. The summed E-state index contributed by atoms with van der Waals surface area (Å²) in [7, 11) is 1.63. The van der Waals surface area contributed by atoms with Gasteiger partial charge in [0.05, 0.1) is 19.4 Å². The van der Waals surface area contributed by atoms with E-state index in [4.69, 9.17) is 4.74 Å². The second-order valence-corrected chi connectivity index (χ2v) is 7.05. The van der Waals surface area contributed by atoms with Crippen LogP contribution in [0.1, 0.15) is 4.88 Å². The van der Waals surface area contributed by atoms with Crippen LogP contribution in [0.25, 0.3) is 0 Å². The number of hydrogen-bond donors (Lipinski definition) is 0. The number of methoxy groups -OCH3 is 1. The molecule has 0 aliphatic heterocycles. The molecule has 0 bridgehead atoms. The van der Waals surface area contributed by atoms with Crippen LogP contribution < -0.4 is 9.64 Å². The lowest BCUT2D eigenvalue weighted by Gasteiger charge is -2.22. The fraction of sp³-hybridized carbons (Fsp3) is 0.167. The van der Waals surface area contributed by atoms with Crippen molar-refractivity contribution < 1.29 is 9.53 Å². The minimum Gasteiger partial charge on any atom is -0.497 e. The quantitative estimate of drug-likeness (QED) is 0.466. The van der Waals surface area contributed by atoms with Crippen LogP contribution in [0.3, 0.4) is 0 Å². The molecule has 0 fully saturated rings. The number of aromatic nitrogens is 2. The van der Waals surface area contributed by atoms with Gasteiger partial charge in [-0.05, 0) is 41.8 Å². The molecule has 0 saturated heterocycles. The number of anilines is 1. The maximum atomic E-state index is 12.8. The molecule has 7 heteroatoms. The van der Waals surface area contributed by atoms with E-state index in [1.54, 1.807) is 41.8 Å². The van der Waals surface area contributed by atoms with E-state index in [1.807, 2.05) is 41.8 Å². The fourth-order valence-corrected chi connectivity index (χ4v) is 3.58. The topological polar surface area (TPSA) is 55.3 Å². The number of benzene rings is 1. The highest BCUT2D eigenvalue weighted by atomic mass is 32.2. The maximum Gasteiger partial charge on any atom is 0.237 e. The number of hydrogen-bond acceptors (Lipinski definition) is 6. The van der Waals surface area contributed by atoms with Crippen LogP contribution in [0.4, 0.5) is 5.69 Å². The van der Waals surface area contributed by atoms with Crippen LogP contribution in [0, 0.1) is 0 Å². The minimum atomic E-state index is 0.0102. The summed E-state index contributed by atoms with van der Waals surface area (Å²) in [6.07, 6.45) is 3.35. The zero-order valence-corrected chi connectivity index (χ0v) is 15.3. The van der Waals surface area contributed by atoms with Crippen molar-refractivity contribution in [3.8, 4) is 5.75 Å². The Morgan fingerprint density at radius 2 is 1.92 bits per heavy atom. The number of carbonyl (C=O) groups excluding carboxylic acids is 1. The molecule has 0 N–H and O–H groups in total. The molecule has 128 valence electrons. The van der Waals surface area contributed by atoms with Gasteiger partial charge >= 0.3 is 0 Å². The number of thioether (sulfide) groups is 1. The third-order valence-corrected chi connectivity index (χ3v) is 5.17. The molecule has 0 radical (unpaired) electrons. The summed E-state index contributed by atoms with van der Waals surface area (Å²) in [4.78, 5) is 24.0. The van der Waals surface area contributed by atoms with Gasteiger partial charge in [0.1, 0.15) is 5.75 Å². The largest absolute Gasteiger partial charge is 0.497 e. The summed E-state index contributed by atoms with van der Waals surface area (Å²) in [6.45, 7) is 0.541. The monoisotopic (exact) mass is 371 g/mol. The predicted molar refractivity (Wildman–Crippen MR) is 101 cm³/mol. The van der Waals surface area contributed by atoms with Crippen molar-refractivity contribution in [3.05, 3.63) is 65.1 Å². The Kier molecular flexibility index (Phi) is 6.03. The molecule has 3 rings (SSSR count). The van der Waals surface area contributed by atoms with Gasteiger partial charge in [0, 0.05) is 23.0 Å². The molecule has 2 aromatic heterocycles. The standard InChI is InChI=1S/C18H17N3O2S2/c1-23-15-7-5-14(6-8-15)21(12-16-4-2-11-24-16)17(22)13-25-18-19-9-3-10-20-18/h2-11H,12-13H2,1H3. The van der Waals surface area contributed by atoms with Gasteiger partial charge < -0.3 is 9.64 Å². The van der Waals surface area contributed by atoms with Crippen molar-refractivity contribution in [2.45, 2.75) is 11.7 Å². The average Bonchev–Trinajstić information content (AvgIpc) is 3.18. The third-order valence-electron chi connectivity index (χ3n) is 3.45. The van der Waals surface area contributed by atoms with Crippen molar-refractivity contribution >= 4 is 34.7 Å². The normalized spacial score (nSPS) is 10.4. The fourth-order valence-electron chi connectivity index (χ4n) is 2.21. The SMILES string of the molecule is COc1ccc(N(Cc2cccs2)C(=O)CSc2ncccn2)cc1. The van der Waals surface area contributed by atoms with Crippen LogP contribution in [0.2, 0.25) is 0 Å². The number of nitrogens with zero attached hydrogens (tertiary/aromatic N) is 3. The molecule has 2 heterocycles. The van der Waals surface area contributed by atoms with E-state index < -0.39 is 0 Å². The highest BCUT2D eigenvalue weighted by Crippen LogP contribution is 2.24. The maximum absolute atomic E-state index is 12.8. The first-order valence-electron chi connectivity index (χ1n) is 7.63. The second kappa shape index (κ2) is 8.64. The van der Waals surface area contributed by atoms with E-state index in [2.05, 4.69) is 9.97 Å². The van der Waals surface area contributed by atoms with E-state index in [-0.39, 0.29) is 11.7 Å². The molecule has 0 spiro atoms. The molecule has 0 aliphatic rings. The van der Waals surface area contributed by atoms with Gasteiger partial charge in [0.25, 0.3) is 0 Å². The Morgan fingerprint density at radius 3 is 2.56 bits per heavy atom. The number of amides is 1. The van der Waals surface area contributed by atoms with Crippen molar-refractivity contribution in [2.24, 2.45) is 0 Å². The van der Waals surface area contributed by atoms with Crippen LogP contribution in [0.5, 0.6) is 5.75 Å². The summed E-state index contributed by atoms with van der Waals surface area (Å²) in [5.41, 5.74) is 0.841. The molecule has 1 amide bonds. The molecule has 0 saturated carbocycles. The number of ether oxygens (including phenoxy) is 1. The molecule has 5 nitrogen and oxygen atoms in total.